The first-order chi connectivity index (χ1) is 11.7. The summed E-state index contributed by atoms with van der Waals surface area (Å²) >= 11 is 0. The summed E-state index contributed by atoms with van der Waals surface area (Å²) in [6.45, 7) is 3.30. The van der Waals surface area contributed by atoms with Crippen LogP contribution >= 0.6 is 0 Å². The highest BCUT2D eigenvalue weighted by Gasteiger charge is 2.37. The Bertz CT molecular complexity index is 700. The van der Waals surface area contributed by atoms with Gasteiger partial charge in [-0.2, -0.15) is 4.31 Å². The van der Waals surface area contributed by atoms with Gasteiger partial charge in [-0.15, -0.1) is 0 Å². The van der Waals surface area contributed by atoms with Crippen molar-refractivity contribution in [2.45, 2.75) is 30.6 Å². The van der Waals surface area contributed by atoms with Crippen LogP contribution in [0.1, 0.15) is 13.8 Å². The molecule has 0 radical (unpaired) electrons. The summed E-state index contributed by atoms with van der Waals surface area (Å²) < 4.78 is 47.6. The molecule has 2 rings (SSSR count). The van der Waals surface area contributed by atoms with Crippen molar-refractivity contribution in [2.24, 2.45) is 0 Å². The van der Waals surface area contributed by atoms with E-state index in [1.54, 1.807) is 26.0 Å². The lowest BCUT2D eigenvalue weighted by Gasteiger charge is -2.24. The van der Waals surface area contributed by atoms with E-state index >= 15 is 0 Å². The molecule has 1 fully saturated rings. The minimum absolute atomic E-state index is 0.0209. The zero-order chi connectivity index (χ0) is 18.7. The van der Waals surface area contributed by atoms with Gasteiger partial charge in [-0.05, 0) is 38.1 Å². The Labute approximate surface area is 147 Å². The fourth-order valence-electron chi connectivity index (χ4n) is 2.43. The van der Waals surface area contributed by atoms with E-state index in [1.165, 1.54) is 26.4 Å². The quantitative estimate of drug-likeness (QED) is 0.659. The Balaban J connectivity index is 2.24. The van der Waals surface area contributed by atoms with E-state index < -0.39 is 34.4 Å². The third kappa shape index (κ3) is 4.91. The van der Waals surface area contributed by atoms with E-state index in [9.17, 15) is 13.2 Å². The van der Waals surface area contributed by atoms with Crippen LogP contribution in [0.2, 0.25) is 0 Å². The summed E-state index contributed by atoms with van der Waals surface area (Å²) in [4.78, 5) is 11.7. The molecule has 25 heavy (non-hydrogen) atoms. The summed E-state index contributed by atoms with van der Waals surface area (Å²) in [5.74, 6) is -0.908. The molecule has 1 saturated heterocycles. The van der Waals surface area contributed by atoms with Gasteiger partial charge in [0.2, 0.25) is 10.0 Å². The number of benzene rings is 1. The van der Waals surface area contributed by atoms with Crippen molar-refractivity contribution < 1.29 is 32.2 Å². The second kappa shape index (κ2) is 7.69. The van der Waals surface area contributed by atoms with Gasteiger partial charge in [0.25, 0.3) is 0 Å². The average Bonchev–Trinajstić information content (AvgIpc) is 2.92. The number of hydrogen-bond donors (Lipinski definition) is 0. The molecule has 1 aromatic carbocycles. The van der Waals surface area contributed by atoms with Crippen LogP contribution in [0, 0.1) is 0 Å². The lowest BCUT2D eigenvalue weighted by Crippen LogP contribution is -2.42. The van der Waals surface area contributed by atoms with E-state index in [0.717, 1.165) is 4.31 Å². The molecule has 1 aliphatic heterocycles. The molecular weight excluding hydrogens is 350 g/mol. The van der Waals surface area contributed by atoms with Crippen molar-refractivity contribution in [3.8, 4) is 5.75 Å². The average molecular weight is 373 g/mol. The summed E-state index contributed by atoms with van der Waals surface area (Å²) in [6.07, 6.45) is -0.479. The Morgan fingerprint density at radius 1 is 1.28 bits per heavy atom. The minimum Gasteiger partial charge on any atom is -0.497 e. The van der Waals surface area contributed by atoms with Crippen LogP contribution in [-0.4, -0.2) is 64.5 Å². The van der Waals surface area contributed by atoms with E-state index in [2.05, 4.69) is 4.74 Å². The Morgan fingerprint density at radius 3 is 2.40 bits per heavy atom. The molecule has 0 bridgehead atoms. The molecule has 1 aromatic rings. The maximum absolute atomic E-state index is 12.9. The third-order valence-electron chi connectivity index (χ3n) is 3.70. The van der Waals surface area contributed by atoms with Crippen LogP contribution in [0.25, 0.3) is 0 Å². The van der Waals surface area contributed by atoms with Crippen molar-refractivity contribution in [1.29, 1.82) is 0 Å². The second-order valence-electron chi connectivity index (χ2n) is 6.00. The molecule has 0 unspecified atom stereocenters. The van der Waals surface area contributed by atoms with Crippen LogP contribution in [0.5, 0.6) is 5.75 Å². The molecule has 0 spiro atoms. The Morgan fingerprint density at radius 2 is 1.92 bits per heavy atom. The Kier molecular flexibility index (Phi) is 6.04. The number of methoxy groups -OCH3 is 2. The maximum atomic E-state index is 12.9. The van der Waals surface area contributed by atoms with Crippen molar-refractivity contribution in [2.75, 3.05) is 33.9 Å². The first-order valence-corrected chi connectivity index (χ1v) is 9.15. The predicted molar refractivity (Wildman–Crippen MR) is 88.7 cm³/mol. The SMILES string of the molecule is COC(=O)CN(C[C@H]1COC(C)(C)O1)S(=O)(=O)c1ccc(OC)cc1. The molecule has 9 heteroatoms. The number of carbonyl (C=O) groups is 1. The van der Waals surface area contributed by atoms with E-state index in [0.29, 0.717) is 5.75 Å². The zero-order valence-corrected chi connectivity index (χ0v) is 15.5. The number of esters is 1. The van der Waals surface area contributed by atoms with Crippen LogP contribution in [0.15, 0.2) is 29.2 Å². The third-order valence-corrected chi connectivity index (χ3v) is 5.53. The monoisotopic (exact) mass is 373 g/mol. The van der Waals surface area contributed by atoms with Gasteiger partial charge in [0.05, 0.1) is 31.8 Å². The fraction of sp³-hybridized carbons (Fsp3) is 0.562. The molecule has 0 saturated carbocycles. The highest BCUT2D eigenvalue weighted by molar-refractivity contribution is 7.89. The van der Waals surface area contributed by atoms with Gasteiger partial charge < -0.3 is 18.9 Å². The molecule has 0 aliphatic carbocycles. The number of ether oxygens (including phenoxy) is 4. The van der Waals surface area contributed by atoms with Crippen molar-refractivity contribution in [1.82, 2.24) is 4.31 Å². The van der Waals surface area contributed by atoms with Crippen LogP contribution < -0.4 is 4.74 Å². The number of carbonyl (C=O) groups excluding carboxylic acids is 1. The summed E-state index contributed by atoms with van der Waals surface area (Å²) in [5, 5.41) is 0. The molecule has 8 nitrogen and oxygen atoms in total. The van der Waals surface area contributed by atoms with Gasteiger partial charge in [-0.1, -0.05) is 0 Å². The highest BCUT2D eigenvalue weighted by Crippen LogP contribution is 2.25. The molecule has 1 aliphatic rings. The highest BCUT2D eigenvalue weighted by atomic mass is 32.2. The van der Waals surface area contributed by atoms with Crippen LogP contribution in [0.3, 0.4) is 0 Å². The smallest absolute Gasteiger partial charge is 0.321 e. The topological polar surface area (TPSA) is 91.4 Å². The zero-order valence-electron chi connectivity index (χ0n) is 14.7. The summed E-state index contributed by atoms with van der Waals surface area (Å²) in [7, 11) is -1.22. The van der Waals surface area contributed by atoms with Crippen molar-refractivity contribution >= 4 is 16.0 Å². The number of sulfonamides is 1. The van der Waals surface area contributed by atoms with E-state index in [4.69, 9.17) is 14.2 Å². The fourth-order valence-corrected chi connectivity index (χ4v) is 3.85. The van der Waals surface area contributed by atoms with E-state index in [1.807, 2.05) is 0 Å². The van der Waals surface area contributed by atoms with Gasteiger partial charge in [-0.25, -0.2) is 8.42 Å². The molecule has 0 N–H and O–H groups in total. The molecule has 1 atom stereocenters. The van der Waals surface area contributed by atoms with Gasteiger partial charge in [0, 0.05) is 6.54 Å². The van der Waals surface area contributed by atoms with Gasteiger partial charge >= 0.3 is 5.97 Å². The maximum Gasteiger partial charge on any atom is 0.321 e. The second-order valence-corrected chi connectivity index (χ2v) is 7.94. The standard InChI is InChI=1S/C16H23NO7S/c1-16(2)23-11-13(24-16)9-17(10-15(18)22-4)25(19,20)14-7-5-12(21-3)6-8-14/h5-8,13H,9-11H2,1-4H3/t13-/m0/s1. The molecule has 1 heterocycles. The summed E-state index contributed by atoms with van der Waals surface area (Å²) in [6, 6.07) is 5.94. The van der Waals surface area contributed by atoms with Crippen molar-refractivity contribution in [3.63, 3.8) is 0 Å². The molecule has 0 amide bonds. The summed E-state index contributed by atoms with van der Waals surface area (Å²) in [5.41, 5.74) is 0. The number of rotatable bonds is 7. The molecule has 140 valence electrons. The normalized spacial score (nSPS) is 19.8. The van der Waals surface area contributed by atoms with Gasteiger partial charge in [-0.3, -0.25) is 4.79 Å². The molecule has 0 aromatic heterocycles. The first-order valence-electron chi connectivity index (χ1n) is 7.71. The van der Waals surface area contributed by atoms with Crippen LogP contribution in [-0.2, 0) is 29.0 Å². The van der Waals surface area contributed by atoms with Gasteiger partial charge in [0.15, 0.2) is 5.79 Å². The van der Waals surface area contributed by atoms with Gasteiger partial charge in [0.1, 0.15) is 12.3 Å². The lowest BCUT2D eigenvalue weighted by molar-refractivity contribution is -0.143. The lowest BCUT2D eigenvalue weighted by atomic mass is 10.3. The van der Waals surface area contributed by atoms with E-state index in [-0.39, 0.29) is 18.0 Å². The number of nitrogens with zero attached hydrogens (tertiary/aromatic N) is 1. The minimum atomic E-state index is -3.91. The first kappa shape index (κ1) is 19.6. The largest absolute Gasteiger partial charge is 0.497 e. The van der Waals surface area contributed by atoms with Crippen LogP contribution in [0.4, 0.5) is 0 Å². The molecular formula is C16H23NO7S. The predicted octanol–water partition coefficient (Wildman–Crippen LogP) is 1.01. The Hall–Kier alpha value is -1.68. The number of hydrogen-bond acceptors (Lipinski definition) is 7. The van der Waals surface area contributed by atoms with Crippen molar-refractivity contribution in [3.05, 3.63) is 24.3 Å².